The van der Waals surface area contributed by atoms with E-state index in [1.807, 2.05) is 37.7 Å². The minimum absolute atomic E-state index is 0.689. The second-order valence-electron chi connectivity index (χ2n) is 4.56. The number of ether oxygens (including phenoxy) is 1. The molecule has 0 atom stereocenters. The number of aryl methyl sites for hydroxylation is 3. The quantitative estimate of drug-likeness (QED) is 0.933. The molecule has 0 radical (unpaired) electrons. The van der Waals surface area contributed by atoms with Crippen molar-refractivity contribution < 1.29 is 4.74 Å². The summed E-state index contributed by atoms with van der Waals surface area (Å²) in [6, 6.07) is 5.88. The van der Waals surface area contributed by atoms with Gasteiger partial charge in [0.15, 0.2) is 0 Å². The van der Waals surface area contributed by atoms with Crippen LogP contribution in [0.3, 0.4) is 0 Å². The van der Waals surface area contributed by atoms with E-state index in [2.05, 4.69) is 16.5 Å². The van der Waals surface area contributed by atoms with Crippen molar-refractivity contribution in [3.63, 3.8) is 0 Å². The second kappa shape index (κ2) is 5.53. The number of benzene rings is 1. The van der Waals surface area contributed by atoms with Gasteiger partial charge in [0.1, 0.15) is 5.75 Å². The largest absolute Gasteiger partial charge is 0.495 e. The Morgan fingerprint density at radius 3 is 2.63 bits per heavy atom. The van der Waals surface area contributed by atoms with E-state index >= 15 is 0 Å². The minimum atomic E-state index is 0.689. The van der Waals surface area contributed by atoms with Crippen LogP contribution < -0.4 is 10.1 Å². The molecule has 1 N–H and O–H groups in total. The molecule has 1 heterocycles. The van der Waals surface area contributed by atoms with E-state index in [0.29, 0.717) is 11.6 Å². The lowest BCUT2D eigenvalue weighted by Crippen LogP contribution is -2.06. The summed E-state index contributed by atoms with van der Waals surface area (Å²) in [5.41, 5.74) is 4.08. The molecule has 0 amide bonds. The smallest absolute Gasteiger partial charge is 0.143 e. The van der Waals surface area contributed by atoms with Crippen LogP contribution in [0.25, 0.3) is 0 Å². The summed E-state index contributed by atoms with van der Waals surface area (Å²) in [5.74, 6) is 0.745. The highest BCUT2D eigenvalue weighted by molar-refractivity contribution is 6.31. The molecule has 1 aromatic carbocycles. The Bertz CT molecular complexity index is 593. The van der Waals surface area contributed by atoms with Crippen LogP contribution in [0.5, 0.6) is 5.75 Å². The van der Waals surface area contributed by atoms with Gasteiger partial charge in [0.25, 0.3) is 0 Å². The zero-order valence-corrected chi connectivity index (χ0v) is 12.4. The molecule has 0 saturated heterocycles. The molecule has 0 spiro atoms. The van der Waals surface area contributed by atoms with Gasteiger partial charge in [-0.05, 0) is 31.5 Å². The molecule has 2 aromatic rings. The summed E-state index contributed by atoms with van der Waals surface area (Å²) in [4.78, 5) is 0. The number of hydrogen-bond donors (Lipinski definition) is 1. The van der Waals surface area contributed by atoms with Gasteiger partial charge < -0.3 is 10.1 Å². The van der Waals surface area contributed by atoms with Crippen LogP contribution in [0, 0.1) is 13.8 Å². The molecule has 4 nitrogen and oxygen atoms in total. The Morgan fingerprint density at radius 1 is 1.32 bits per heavy atom. The molecular weight excluding hydrogens is 262 g/mol. The maximum absolute atomic E-state index is 6.09. The van der Waals surface area contributed by atoms with E-state index in [0.717, 1.165) is 28.4 Å². The normalized spacial score (nSPS) is 10.6. The van der Waals surface area contributed by atoms with Crippen LogP contribution >= 0.6 is 11.6 Å². The second-order valence-corrected chi connectivity index (χ2v) is 4.96. The minimum Gasteiger partial charge on any atom is -0.495 e. The summed E-state index contributed by atoms with van der Waals surface area (Å²) in [7, 11) is 3.58. The van der Waals surface area contributed by atoms with Crippen molar-refractivity contribution in [3.8, 4) is 5.75 Å². The molecule has 102 valence electrons. The third-order valence-corrected chi connectivity index (χ3v) is 3.45. The van der Waals surface area contributed by atoms with Crippen molar-refractivity contribution in [2.24, 2.45) is 7.05 Å². The number of nitrogens with zero attached hydrogens (tertiary/aromatic N) is 2. The molecule has 0 unspecified atom stereocenters. The van der Waals surface area contributed by atoms with Gasteiger partial charge in [0, 0.05) is 18.1 Å². The van der Waals surface area contributed by atoms with E-state index in [-0.39, 0.29) is 0 Å². The monoisotopic (exact) mass is 279 g/mol. The first-order valence-electron chi connectivity index (χ1n) is 6.08. The van der Waals surface area contributed by atoms with Crippen LogP contribution in [0.1, 0.15) is 17.0 Å². The maximum Gasteiger partial charge on any atom is 0.143 e. The van der Waals surface area contributed by atoms with Gasteiger partial charge in [0.2, 0.25) is 0 Å². The van der Waals surface area contributed by atoms with Crippen molar-refractivity contribution in [2.75, 3.05) is 12.4 Å². The van der Waals surface area contributed by atoms with Gasteiger partial charge in [-0.3, -0.25) is 4.68 Å². The third-order valence-electron chi connectivity index (χ3n) is 3.04. The molecule has 5 heteroatoms. The van der Waals surface area contributed by atoms with Crippen molar-refractivity contribution in [1.82, 2.24) is 9.78 Å². The van der Waals surface area contributed by atoms with Crippen LogP contribution in [0.15, 0.2) is 18.2 Å². The van der Waals surface area contributed by atoms with Crippen molar-refractivity contribution >= 4 is 17.3 Å². The SMILES string of the molecule is COc1cc(Cl)c(C)cc1NCc1cc(C)nn1C. The van der Waals surface area contributed by atoms with Crippen molar-refractivity contribution in [1.29, 1.82) is 0 Å². The van der Waals surface area contributed by atoms with E-state index in [1.165, 1.54) is 0 Å². The molecule has 0 aliphatic rings. The number of anilines is 1. The molecule has 0 aliphatic carbocycles. The van der Waals surface area contributed by atoms with Gasteiger partial charge in [-0.15, -0.1) is 0 Å². The third kappa shape index (κ3) is 3.01. The lowest BCUT2D eigenvalue weighted by Gasteiger charge is -2.13. The molecule has 0 saturated carbocycles. The van der Waals surface area contributed by atoms with Gasteiger partial charge in [0.05, 0.1) is 30.7 Å². The predicted octanol–water partition coefficient (Wildman–Crippen LogP) is 3.31. The van der Waals surface area contributed by atoms with Gasteiger partial charge >= 0.3 is 0 Å². The Hall–Kier alpha value is -1.68. The highest BCUT2D eigenvalue weighted by Crippen LogP contribution is 2.31. The summed E-state index contributed by atoms with van der Waals surface area (Å²) >= 11 is 6.09. The molecule has 2 rings (SSSR count). The molecule has 0 fully saturated rings. The Kier molecular flexibility index (Phi) is 4.00. The average molecular weight is 280 g/mol. The Labute approximate surface area is 118 Å². The maximum atomic E-state index is 6.09. The topological polar surface area (TPSA) is 39.1 Å². The molecule has 0 bridgehead atoms. The molecular formula is C14H18ClN3O. The number of hydrogen-bond acceptors (Lipinski definition) is 3. The summed E-state index contributed by atoms with van der Waals surface area (Å²) in [6.45, 7) is 4.65. The lowest BCUT2D eigenvalue weighted by atomic mass is 10.2. The number of aromatic nitrogens is 2. The molecule has 19 heavy (non-hydrogen) atoms. The lowest BCUT2D eigenvalue weighted by molar-refractivity contribution is 0.416. The first-order chi connectivity index (χ1) is 9.01. The van der Waals surface area contributed by atoms with E-state index in [4.69, 9.17) is 16.3 Å². The summed E-state index contributed by atoms with van der Waals surface area (Å²) in [5, 5.41) is 8.39. The predicted molar refractivity (Wildman–Crippen MR) is 78.0 cm³/mol. The van der Waals surface area contributed by atoms with Crippen LogP contribution in [-0.2, 0) is 13.6 Å². The summed E-state index contributed by atoms with van der Waals surface area (Å²) < 4.78 is 7.21. The highest BCUT2D eigenvalue weighted by Gasteiger charge is 2.08. The van der Waals surface area contributed by atoms with Gasteiger partial charge in [-0.25, -0.2) is 0 Å². The zero-order valence-electron chi connectivity index (χ0n) is 11.6. The Balaban J connectivity index is 2.19. The number of rotatable bonds is 4. The number of halogens is 1. The first kappa shape index (κ1) is 13.7. The fraction of sp³-hybridized carbons (Fsp3) is 0.357. The van der Waals surface area contributed by atoms with Crippen molar-refractivity contribution in [3.05, 3.63) is 40.2 Å². The first-order valence-corrected chi connectivity index (χ1v) is 6.46. The Morgan fingerprint density at radius 2 is 2.05 bits per heavy atom. The number of nitrogens with one attached hydrogen (secondary N) is 1. The van der Waals surface area contributed by atoms with Crippen LogP contribution in [-0.4, -0.2) is 16.9 Å². The fourth-order valence-electron chi connectivity index (χ4n) is 1.99. The highest BCUT2D eigenvalue weighted by atomic mass is 35.5. The molecule has 1 aromatic heterocycles. The van der Waals surface area contributed by atoms with E-state index < -0.39 is 0 Å². The standard InChI is InChI=1S/C14H18ClN3O/c1-9-5-13(14(19-4)7-12(9)15)16-8-11-6-10(2)17-18(11)3/h5-7,16H,8H2,1-4H3. The average Bonchev–Trinajstić information content (AvgIpc) is 2.68. The van der Waals surface area contributed by atoms with Crippen molar-refractivity contribution in [2.45, 2.75) is 20.4 Å². The van der Waals surface area contributed by atoms with Crippen LogP contribution in [0.2, 0.25) is 5.02 Å². The van der Waals surface area contributed by atoms with E-state index in [1.54, 1.807) is 7.11 Å². The summed E-state index contributed by atoms with van der Waals surface area (Å²) in [6.07, 6.45) is 0. The van der Waals surface area contributed by atoms with Crippen LogP contribution in [0.4, 0.5) is 5.69 Å². The fourth-order valence-corrected chi connectivity index (χ4v) is 2.14. The molecule has 0 aliphatic heterocycles. The number of methoxy groups -OCH3 is 1. The zero-order chi connectivity index (χ0) is 14.0. The van der Waals surface area contributed by atoms with E-state index in [9.17, 15) is 0 Å². The van der Waals surface area contributed by atoms with Gasteiger partial charge in [-0.1, -0.05) is 11.6 Å². The van der Waals surface area contributed by atoms with Gasteiger partial charge in [-0.2, -0.15) is 5.10 Å².